The molecule has 5 aromatic rings. The van der Waals surface area contributed by atoms with Crippen LogP contribution in [0.2, 0.25) is 0 Å². The molecule has 11 nitrogen and oxygen atoms in total. The molecule has 0 spiro atoms. The Morgan fingerprint density at radius 1 is 0.816 bits per heavy atom. The van der Waals surface area contributed by atoms with Crippen molar-refractivity contribution in [2.75, 3.05) is 0 Å². The van der Waals surface area contributed by atoms with Gasteiger partial charge in [-0.25, -0.2) is 16.8 Å². The van der Waals surface area contributed by atoms with E-state index in [1.165, 1.54) is 42.7 Å². The molecule has 2 heterocycles. The maximum Gasteiger partial charge on any atom is 0.285 e. The van der Waals surface area contributed by atoms with Crippen molar-refractivity contribution < 1.29 is 21.8 Å². The molecule has 0 aliphatic heterocycles. The number of rotatable bonds is 7. The van der Waals surface area contributed by atoms with Gasteiger partial charge in [0.2, 0.25) is 0 Å². The Morgan fingerprint density at radius 3 is 1.92 bits per heavy atom. The van der Waals surface area contributed by atoms with E-state index in [0.29, 0.717) is 0 Å². The van der Waals surface area contributed by atoms with E-state index in [9.17, 15) is 26.9 Å². The summed E-state index contributed by atoms with van der Waals surface area (Å²) < 4.78 is 53.8. The van der Waals surface area contributed by atoms with Crippen molar-refractivity contribution >= 4 is 41.8 Å². The van der Waals surface area contributed by atoms with Crippen LogP contribution in [0, 0.1) is 24.0 Å². The van der Waals surface area contributed by atoms with Crippen LogP contribution in [0.5, 0.6) is 0 Å². The molecular formula is C25H21N5O6S2. The number of nitro groups is 1. The van der Waals surface area contributed by atoms with Crippen LogP contribution in [0.25, 0.3) is 16.4 Å². The molecule has 0 N–H and O–H groups in total. The number of sulfone groups is 2. The highest BCUT2D eigenvalue weighted by Crippen LogP contribution is 2.36. The number of fused-ring (bicyclic) bond motifs is 3. The van der Waals surface area contributed by atoms with E-state index in [0.717, 1.165) is 15.6 Å². The molecule has 0 aliphatic carbocycles. The first kappa shape index (κ1) is 25.4. The van der Waals surface area contributed by atoms with Gasteiger partial charge in [-0.3, -0.25) is 10.1 Å². The molecule has 0 saturated carbocycles. The highest BCUT2D eigenvalue weighted by Gasteiger charge is 2.29. The lowest BCUT2D eigenvalue weighted by molar-refractivity contribution is -0.383. The minimum Gasteiger partial charge on any atom is -0.258 e. The molecule has 0 bridgehead atoms. The van der Waals surface area contributed by atoms with Gasteiger partial charge >= 0.3 is 0 Å². The largest absolute Gasteiger partial charge is 0.285 e. The molecule has 194 valence electrons. The third-order valence-corrected chi connectivity index (χ3v) is 9.50. The Labute approximate surface area is 217 Å². The Kier molecular flexibility index (Phi) is 6.19. The van der Waals surface area contributed by atoms with Crippen molar-refractivity contribution in [2.45, 2.75) is 35.1 Å². The van der Waals surface area contributed by atoms with E-state index >= 15 is 0 Å². The van der Waals surface area contributed by atoms with Crippen molar-refractivity contribution in [3.05, 3.63) is 99.5 Å². The second-order valence-electron chi connectivity index (χ2n) is 8.94. The van der Waals surface area contributed by atoms with Gasteiger partial charge in [0.15, 0.2) is 25.3 Å². The van der Waals surface area contributed by atoms with Gasteiger partial charge < -0.3 is 0 Å². The summed E-state index contributed by atoms with van der Waals surface area (Å²) in [5, 5.41) is 24.5. The Hall–Kier alpha value is -4.23. The van der Waals surface area contributed by atoms with Crippen LogP contribution < -0.4 is 0 Å². The number of benzene rings is 3. The van der Waals surface area contributed by atoms with E-state index in [2.05, 4.69) is 15.3 Å². The summed E-state index contributed by atoms with van der Waals surface area (Å²) in [6.45, 7) is 3.65. The van der Waals surface area contributed by atoms with Crippen LogP contribution in [-0.2, 0) is 31.2 Å². The maximum absolute atomic E-state index is 13.2. The van der Waals surface area contributed by atoms with Crippen molar-refractivity contribution in [1.82, 2.24) is 19.8 Å². The molecule has 5 rings (SSSR count). The zero-order chi connectivity index (χ0) is 27.2. The zero-order valence-electron chi connectivity index (χ0n) is 20.3. The van der Waals surface area contributed by atoms with Gasteiger partial charge in [-0.1, -0.05) is 47.5 Å². The van der Waals surface area contributed by atoms with E-state index in [4.69, 9.17) is 0 Å². The highest BCUT2D eigenvalue weighted by atomic mass is 32.2. The lowest BCUT2D eigenvalue weighted by atomic mass is 10.1. The summed E-state index contributed by atoms with van der Waals surface area (Å²) in [6.07, 6.45) is 1.20. The normalized spacial score (nSPS) is 12.3. The quantitative estimate of drug-likeness (QED) is 0.217. The molecule has 0 amide bonds. The summed E-state index contributed by atoms with van der Waals surface area (Å²) in [5.74, 6) is -1.18. The lowest BCUT2D eigenvalue weighted by Gasteiger charge is -2.12. The van der Waals surface area contributed by atoms with Gasteiger partial charge in [-0.05, 0) is 38.1 Å². The van der Waals surface area contributed by atoms with Crippen molar-refractivity contribution in [2.24, 2.45) is 0 Å². The minimum atomic E-state index is -3.93. The second kappa shape index (κ2) is 9.26. The Balaban J connectivity index is 1.69. The van der Waals surface area contributed by atoms with Gasteiger partial charge in [0.25, 0.3) is 5.69 Å². The fraction of sp³-hybridized carbons (Fsp3) is 0.160. The number of aromatic nitrogens is 4. The summed E-state index contributed by atoms with van der Waals surface area (Å²) >= 11 is 0. The number of hydrogen-bond acceptors (Lipinski definition) is 9. The smallest absolute Gasteiger partial charge is 0.258 e. The number of aryl methyl sites for hydroxylation is 2. The molecule has 38 heavy (non-hydrogen) atoms. The van der Waals surface area contributed by atoms with Crippen LogP contribution in [0.1, 0.15) is 22.4 Å². The average Bonchev–Trinajstić information content (AvgIpc) is 3.32. The first-order valence-corrected chi connectivity index (χ1v) is 14.6. The highest BCUT2D eigenvalue weighted by molar-refractivity contribution is 7.91. The molecule has 0 aliphatic rings. The van der Waals surface area contributed by atoms with Crippen molar-refractivity contribution in [1.29, 1.82) is 0 Å². The van der Waals surface area contributed by atoms with Crippen molar-refractivity contribution in [3.63, 3.8) is 0 Å². The first-order valence-electron chi connectivity index (χ1n) is 11.3. The predicted octanol–water partition coefficient (Wildman–Crippen LogP) is 3.75. The summed E-state index contributed by atoms with van der Waals surface area (Å²) in [5.41, 5.74) is 1.26. The van der Waals surface area contributed by atoms with Crippen LogP contribution >= 0.6 is 0 Å². The van der Waals surface area contributed by atoms with Gasteiger partial charge in [0, 0.05) is 10.9 Å². The predicted molar refractivity (Wildman–Crippen MR) is 139 cm³/mol. The van der Waals surface area contributed by atoms with Gasteiger partial charge in [0.1, 0.15) is 11.7 Å². The third kappa shape index (κ3) is 4.61. The van der Waals surface area contributed by atoms with Gasteiger partial charge in [0.05, 0.1) is 31.9 Å². The fourth-order valence-corrected chi connectivity index (χ4v) is 6.88. The van der Waals surface area contributed by atoms with Crippen LogP contribution in [-0.4, -0.2) is 41.6 Å². The van der Waals surface area contributed by atoms with Crippen LogP contribution in [0.3, 0.4) is 0 Å². The average molecular weight is 552 g/mol. The zero-order valence-corrected chi connectivity index (χ0v) is 21.9. The van der Waals surface area contributed by atoms with Crippen LogP contribution in [0.4, 0.5) is 5.69 Å². The minimum absolute atomic E-state index is 0.0118. The molecule has 0 radical (unpaired) electrons. The van der Waals surface area contributed by atoms with E-state index in [-0.39, 0.29) is 37.5 Å². The molecule has 0 unspecified atom stereocenters. The Bertz CT molecular complexity index is 1930. The number of nitrogens with zero attached hydrogens (tertiary/aromatic N) is 5. The molecule has 3 aromatic carbocycles. The topological polar surface area (TPSA) is 154 Å². The Morgan fingerprint density at radius 2 is 1.37 bits per heavy atom. The lowest BCUT2D eigenvalue weighted by Crippen LogP contribution is -2.11. The SMILES string of the molecule is Cc1ccc(S(=O)(=O)Cc2ccc3c(CS(=O)(=O)c4ccc(C)cc4)nn4cnnc4c3c2[N+](=O)[O-])cc1. The van der Waals surface area contributed by atoms with E-state index in [1.807, 2.05) is 13.8 Å². The second-order valence-corrected chi connectivity index (χ2v) is 12.9. The first-order chi connectivity index (χ1) is 18.0. The van der Waals surface area contributed by atoms with Crippen LogP contribution in [0.15, 0.2) is 76.8 Å². The summed E-state index contributed by atoms with van der Waals surface area (Å²) in [4.78, 5) is 11.8. The van der Waals surface area contributed by atoms with Crippen molar-refractivity contribution in [3.8, 4) is 0 Å². The molecule has 13 heteroatoms. The fourth-order valence-electron chi connectivity index (χ4n) is 4.23. The number of hydrogen-bond donors (Lipinski definition) is 0. The number of nitro benzene ring substituents is 1. The maximum atomic E-state index is 13.2. The molecule has 0 fully saturated rings. The standard InChI is InChI=1S/C25H21N5O6S2/c1-16-3-8-19(9-4-16)37(33,34)13-18-7-12-21-22(14-38(35,36)20-10-5-17(2)6-11-20)28-29-15-26-27-25(29)23(21)24(18)30(31)32/h3-12,15H,13-14H2,1-2H3. The summed E-state index contributed by atoms with van der Waals surface area (Å²) in [6, 6.07) is 15.3. The molecule has 0 atom stereocenters. The third-order valence-electron chi connectivity index (χ3n) is 6.17. The van der Waals surface area contributed by atoms with E-state index < -0.39 is 41.8 Å². The summed E-state index contributed by atoms with van der Waals surface area (Å²) in [7, 11) is -7.80. The van der Waals surface area contributed by atoms with Gasteiger partial charge in [-0.2, -0.15) is 9.61 Å². The monoisotopic (exact) mass is 551 g/mol. The van der Waals surface area contributed by atoms with E-state index in [1.54, 1.807) is 24.3 Å². The molecule has 2 aromatic heterocycles. The van der Waals surface area contributed by atoms with Gasteiger partial charge in [-0.15, -0.1) is 10.2 Å². The molecule has 0 saturated heterocycles. The molecular weight excluding hydrogens is 530 g/mol.